The summed E-state index contributed by atoms with van der Waals surface area (Å²) in [5.74, 6) is 0.589. The van der Waals surface area contributed by atoms with Crippen LogP contribution in [0.1, 0.15) is 50.2 Å². The van der Waals surface area contributed by atoms with Crippen molar-refractivity contribution in [2.24, 2.45) is 11.7 Å². The van der Waals surface area contributed by atoms with Crippen LogP contribution in [0.5, 0.6) is 5.75 Å². The fourth-order valence-corrected chi connectivity index (χ4v) is 3.27. The number of benzene rings is 1. The highest BCUT2D eigenvalue weighted by Crippen LogP contribution is 2.29. The molecule has 122 valence electrons. The van der Waals surface area contributed by atoms with E-state index in [1.807, 2.05) is 12.1 Å². The van der Waals surface area contributed by atoms with Gasteiger partial charge in [0, 0.05) is 0 Å². The van der Waals surface area contributed by atoms with Crippen LogP contribution in [-0.4, -0.2) is 23.7 Å². The standard InChI is InChI=1S/C18H27NO3/c1-2-22-18(21)17(19)12-14-8-9-16(20)11-15(14)10-13-6-4-3-5-7-13/h8-9,11,13,17,20H,2-7,10,12,19H2,1H3/t17-/m0/s1. The van der Waals surface area contributed by atoms with E-state index in [4.69, 9.17) is 10.5 Å². The predicted molar refractivity (Wildman–Crippen MR) is 86.7 cm³/mol. The Morgan fingerprint density at radius 2 is 2.05 bits per heavy atom. The summed E-state index contributed by atoms with van der Waals surface area (Å²) in [5.41, 5.74) is 8.10. The Kier molecular flexibility index (Phi) is 6.25. The molecule has 4 nitrogen and oxygen atoms in total. The van der Waals surface area contributed by atoms with E-state index in [9.17, 15) is 9.90 Å². The Labute approximate surface area is 132 Å². The second-order valence-corrected chi connectivity index (χ2v) is 6.22. The molecule has 1 saturated carbocycles. The molecule has 22 heavy (non-hydrogen) atoms. The maximum absolute atomic E-state index is 11.7. The van der Waals surface area contributed by atoms with E-state index in [-0.39, 0.29) is 11.7 Å². The first kappa shape index (κ1) is 16.8. The Morgan fingerprint density at radius 3 is 2.73 bits per heavy atom. The Morgan fingerprint density at radius 1 is 1.32 bits per heavy atom. The van der Waals surface area contributed by atoms with Gasteiger partial charge in [-0.05, 0) is 48.9 Å². The van der Waals surface area contributed by atoms with E-state index in [0.717, 1.165) is 17.5 Å². The maximum Gasteiger partial charge on any atom is 0.323 e. The number of rotatable bonds is 6. The summed E-state index contributed by atoms with van der Waals surface area (Å²) in [4.78, 5) is 11.7. The molecule has 0 unspecified atom stereocenters. The van der Waals surface area contributed by atoms with Crippen molar-refractivity contribution in [2.75, 3.05) is 6.61 Å². The van der Waals surface area contributed by atoms with Crippen LogP contribution in [0.25, 0.3) is 0 Å². The molecule has 2 rings (SSSR count). The lowest BCUT2D eigenvalue weighted by molar-refractivity contribution is -0.144. The minimum Gasteiger partial charge on any atom is -0.508 e. The first-order valence-electron chi connectivity index (χ1n) is 8.33. The van der Waals surface area contributed by atoms with Crippen LogP contribution in [0.2, 0.25) is 0 Å². The van der Waals surface area contributed by atoms with Crippen molar-refractivity contribution in [1.29, 1.82) is 0 Å². The molecule has 0 saturated heterocycles. The molecule has 3 N–H and O–H groups in total. The van der Waals surface area contributed by atoms with Crippen molar-refractivity contribution in [3.8, 4) is 5.75 Å². The fourth-order valence-electron chi connectivity index (χ4n) is 3.27. The fraction of sp³-hybridized carbons (Fsp3) is 0.611. The molecule has 0 aromatic heterocycles. The van der Waals surface area contributed by atoms with Gasteiger partial charge in [0.1, 0.15) is 11.8 Å². The normalized spacial score (nSPS) is 17.2. The third kappa shape index (κ3) is 4.73. The molecular weight excluding hydrogens is 278 g/mol. The van der Waals surface area contributed by atoms with Gasteiger partial charge in [-0.1, -0.05) is 38.2 Å². The summed E-state index contributed by atoms with van der Waals surface area (Å²) in [6, 6.07) is 4.72. The SMILES string of the molecule is CCOC(=O)[C@@H](N)Cc1ccc(O)cc1CC1CCCCC1. The van der Waals surface area contributed by atoms with E-state index in [0.29, 0.717) is 18.9 Å². The lowest BCUT2D eigenvalue weighted by atomic mass is 9.83. The highest BCUT2D eigenvalue weighted by Gasteiger charge is 2.20. The van der Waals surface area contributed by atoms with Crippen molar-refractivity contribution >= 4 is 5.97 Å². The summed E-state index contributed by atoms with van der Waals surface area (Å²) < 4.78 is 4.98. The van der Waals surface area contributed by atoms with Gasteiger partial charge in [0.15, 0.2) is 0 Å². The van der Waals surface area contributed by atoms with Gasteiger partial charge in [0.2, 0.25) is 0 Å². The Balaban J connectivity index is 2.07. The number of carbonyl (C=O) groups is 1. The number of phenols is 1. The van der Waals surface area contributed by atoms with Gasteiger partial charge in [0.25, 0.3) is 0 Å². The number of esters is 1. The van der Waals surface area contributed by atoms with Crippen LogP contribution < -0.4 is 5.73 Å². The molecule has 1 aromatic rings. The number of nitrogens with two attached hydrogens (primary N) is 1. The average Bonchev–Trinajstić information content (AvgIpc) is 2.51. The molecule has 1 atom stereocenters. The molecule has 4 heteroatoms. The lowest BCUT2D eigenvalue weighted by Crippen LogP contribution is -2.34. The first-order chi connectivity index (χ1) is 10.6. The third-order valence-electron chi connectivity index (χ3n) is 4.45. The van der Waals surface area contributed by atoms with E-state index in [2.05, 4.69) is 0 Å². The lowest BCUT2D eigenvalue weighted by Gasteiger charge is -2.23. The minimum absolute atomic E-state index is 0.277. The monoisotopic (exact) mass is 305 g/mol. The van der Waals surface area contributed by atoms with E-state index in [1.165, 1.54) is 32.1 Å². The third-order valence-corrected chi connectivity index (χ3v) is 4.45. The molecule has 0 aliphatic heterocycles. The Bertz CT molecular complexity index is 495. The molecule has 1 aliphatic rings. The first-order valence-corrected chi connectivity index (χ1v) is 8.33. The van der Waals surface area contributed by atoms with Gasteiger partial charge in [-0.25, -0.2) is 0 Å². The van der Waals surface area contributed by atoms with Gasteiger partial charge in [0.05, 0.1) is 6.61 Å². The van der Waals surface area contributed by atoms with E-state index < -0.39 is 6.04 Å². The molecule has 1 aromatic carbocycles. The number of phenolic OH excluding ortho intramolecular Hbond substituents is 1. The molecule has 0 amide bonds. The van der Waals surface area contributed by atoms with Crippen molar-refractivity contribution < 1.29 is 14.6 Å². The molecule has 0 heterocycles. The van der Waals surface area contributed by atoms with Crippen molar-refractivity contribution in [2.45, 2.75) is 57.9 Å². The largest absolute Gasteiger partial charge is 0.508 e. The van der Waals surface area contributed by atoms with Crippen LogP contribution in [-0.2, 0) is 22.4 Å². The van der Waals surface area contributed by atoms with Crippen LogP contribution in [0, 0.1) is 5.92 Å². The zero-order chi connectivity index (χ0) is 15.9. The van der Waals surface area contributed by atoms with Crippen LogP contribution in [0.4, 0.5) is 0 Å². The highest BCUT2D eigenvalue weighted by atomic mass is 16.5. The summed E-state index contributed by atoms with van der Waals surface area (Å²) in [6.45, 7) is 2.12. The van der Waals surface area contributed by atoms with Gasteiger partial charge >= 0.3 is 5.97 Å². The van der Waals surface area contributed by atoms with E-state index >= 15 is 0 Å². The Hall–Kier alpha value is -1.55. The number of ether oxygens (including phenoxy) is 1. The van der Waals surface area contributed by atoms with Gasteiger partial charge in [-0.2, -0.15) is 0 Å². The molecule has 1 aliphatic carbocycles. The topological polar surface area (TPSA) is 72.5 Å². The number of hydrogen-bond acceptors (Lipinski definition) is 4. The summed E-state index contributed by atoms with van der Waals surface area (Å²) in [7, 11) is 0. The van der Waals surface area contributed by atoms with E-state index in [1.54, 1.807) is 13.0 Å². The number of hydrogen-bond donors (Lipinski definition) is 2. The van der Waals surface area contributed by atoms with Gasteiger partial charge in [-0.15, -0.1) is 0 Å². The van der Waals surface area contributed by atoms with Crippen molar-refractivity contribution in [1.82, 2.24) is 0 Å². The number of carbonyl (C=O) groups excluding carboxylic acids is 1. The van der Waals surface area contributed by atoms with Gasteiger partial charge < -0.3 is 15.6 Å². The second-order valence-electron chi connectivity index (χ2n) is 6.22. The molecule has 1 fully saturated rings. The molecule has 0 spiro atoms. The average molecular weight is 305 g/mol. The predicted octanol–water partition coefficient (Wildman–Crippen LogP) is 2.95. The molecular formula is C18H27NO3. The zero-order valence-electron chi connectivity index (χ0n) is 13.4. The minimum atomic E-state index is -0.644. The van der Waals surface area contributed by atoms with Crippen LogP contribution in [0.15, 0.2) is 18.2 Å². The van der Waals surface area contributed by atoms with Crippen LogP contribution in [0.3, 0.4) is 0 Å². The second kappa shape index (κ2) is 8.18. The van der Waals surface area contributed by atoms with Crippen molar-refractivity contribution in [3.63, 3.8) is 0 Å². The molecule has 0 radical (unpaired) electrons. The summed E-state index contributed by atoms with van der Waals surface area (Å²) in [5, 5.41) is 9.77. The maximum atomic E-state index is 11.7. The molecule has 0 bridgehead atoms. The smallest absolute Gasteiger partial charge is 0.323 e. The quantitative estimate of drug-likeness (QED) is 0.793. The highest BCUT2D eigenvalue weighted by molar-refractivity contribution is 5.76. The van der Waals surface area contributed by atoms with Gasteiger partial charge in [-0.3, -0.25) is 4.79 Å². The summed E-state index contributed by atoms with van der Waals surface area (Å²) >= 11 is 0. The van der Waals surface area contributed by atoms with Crippen molar-refractivity contribution in [3.05, 3.63) is 29.3 Å². The number of aromatic hydroxyl groups is 1. The van der Waals surface area contributed by atoms with Crippen LogP contribution >= 0.6 is 0 Å². The summed E-state index contributed by atoms with van der Waals surface area (Å²) in [6.07, 6.45) is 7.83. The zero-order valence-corrected chi connectivity index (χ0v) is 13.4.